The first kappa shape index (κ1) is 19.5. The average molecular weight is 375 g/mol. The summed E-state index contributed by atoms with van der Waals surface area (Å²) in [7, 11) is 0. The van der Waals surface area contributed by atoms with Crippen LogP contribution in [0.5, 0.6) is 0 Å². The predicted octanol–water partition coefficient (Wildman–Crippen LogP) is 2.62. The van der Waals surface area contributed by atoms with Gasteiger partial charge in [-0.3, -0.25) is 14.9 Å². The molecule has 8 nitrogen and oxygen atoms in total. The first-order valence-electron chi connectivity index (χ1n) is 7.69. The Bertz CT molecular complexity index is 723. The maximum Gasteiger partial charge on any atom is 0.416 e. The number of aliphatic carboxylic acids is 1. The zero-order chi connectivity index (χ0) is 19.5. The van der Waals surface area contributed by atoms with Crippen molar-refractivity contribution < 1.29 is 32.8 Å². The molecule has 0 bridgehead atoms. The fourth-order valence-corrected chi connectivity index (χ4v) is 2.70. The number of halogens is 3. The number of nitrogens with one attached hydrogen (secondary N) is 1. The normalized spacial score (nSPS) is 17.7. The lowest BCUT2D eigenvalue weighted by atomic mass is 9.99. The lowest BCUT2D eigenvalue weighted by Crippen LogP contribution is -2.46. The number of likely N-dealkylation sites (tertiary alicyclic amines) is 1. The Morgan fingerprint density at radius 2 is 2.04 bits per heavy atom. The van der Waals surface area contributed by atoms with Crippen LogP contribution in [0.1, 0.15) is 24.0 Å². The van der Waals surface area contributed by atoms with Crippen LogP contribution in [0.25, 0.3) is 0 Å². The van der Waals surface area contributed by atoms with Crippen molar-refractivity contribution in [3.05, 3.63) is 39.4 Å². The number of nitrogens with zero attached hydrogens (tertiary/aromatic N) is 2. The molecule has 1 atom stereocenters. The number of carboxylic acids is 1. The van der Waals surface area contributed by atoms with Gasteiger partial charge in [0.2, 0.25) is 0 Å². The van der Waals surface area contributed by atoms with Crippen LogP contribution in [0.4, 0.5) is 23.7 Å². The van der Waals surface area contributed by atoms with Gasteiger partial charge in [0.25, 0.3) is 5.69 Å². The van der Waals surface area contributed by atoms with Crippen molar-refractivity contribution in [3.8, 4) is 0 Å². The molecule has 1 aliphatic heterocycles. The summed E-state index contributed by atoms with van der Waals surface area (Å²) in [6.07, 6.45) is -3.81. The second-order valence-corrected chi connectivity index (χ2v) is 5.93. The van der Waals surface area contributed by atoms with Crippen LogP contribution < -0.4 is 5.32 Å². The van der Waals surface area contributed by atoms with E-state index < -0.39 is 40.3 Å². The van der Waals surface area contributed by atoms with Gasteiger partial charge >= 0.3 is 18.2 Å². The smallest absolute Gasteiger partial charge is 0.416 e. The minimum absolute atomic E-state index is 0.00387. The van der Waals surface area contributed by atoms with Gasteiger partial charge in [0.15, 0.2) is 0 Å². The summed E-state index contributed by atoms with van der Waals surface area (Å²) in [6, 6.07) is 1.47. The molecule has 142 valence electrons. The van der Waals surface area contributed by atoms with Crippen molar-refractivity contribution in [1.29, 1.82) is 0 Å². The Morgan fingerprint density at radius 3 is 2.62 bits per heavy atom. The molecule has 0 aliphatic carbocycles. The van der Waals surface area contributed by atoms with Gasteiger partial charge in [-0.1, -0.05) is 0 Å². The Hall–Kier alpha value is -2.85. The number of rotatable bonds is 4. The first-order valence-corrected chi connectivity index (χ1v) is 7.69. The molecule has 26 heavy (non-hydrogen) atoms. The largest absolute Gasteiger partial charge is 0.481 e. The number of alkyl halides is 3. The van der Waals surface area contributed by atoms with E-state index in [9.17, 15) is 32.9 Å². The van der Waals surface area contributed by atoms with Crippen LogP contribution in [-0.2, 0) is 17.5 Å². The molecule has 0 aromatic heterocycles. The van der Waals surface area contributed by atoms with Gasteiger partial charge in [0.1, 0.15) is 0 Å². The van der Waals surface area contributed by atoms with Crippen LogP contribution in [0.3, 0.4) is 0 Å². The zero-order valence-corrected chi connectivity index (χ0v) is 13.5. The first-order chi connectivity index (χ1) is 12.1. The topological polar surface area (TPSA) is 113 Å². The van der Waals surface area contributed by atoms with Gasteiger partial charge in [-0.15, -0.1) is 0 Å². The van der Waals surface area contributed by atoms with E-state index in [-0.39, 0.29) is 18.7 Å². The quantitative estimate of drug-likeness (QED) is 0.620. The molecule has 1 heterocycles. The van der Waals surface area contributed by atoms with E-state index in [1.54, 1.807) is 0 Å². The maximum absolute atomic E-state index is 12.8. The van der Waals surface area contributed by atoms with E-state index in [4.69, 9.17) is 5.11 Å². The average Bonchev–Trinajstić information content (AvgIpc) is 2.58. The Kier molecular flexibility index (Phi) is 5.68. The van der Waals surface area contributed by atoms with E-state index in [0.717, 1.165) is 12.1 Å². The second kappa shape index (κ2) is 7.58. The molecule has 1 unspecified atom stereocenters. The molecule has 1 saturated heterocycles. The number of amides is 2. The zero-order valence-electron chi connectivity index (χ0n) is 13.5. The minimum atomic E-state index is -4.76. The lowest BCUT2D eigenvalue weighted by Gasteiger charge is -2.30. The van der Waals surface area contributed by atoms with Crippen molar-refractivity contribution in [2.75, 3.05) is 13.1 Å². The van der Waals surface area contributed by atoms with E-state index in [1.807, 2.05) is 0 Å². The molecular formula is C15H16F3N3O5. The summed E-state index contributed by atoms with van der Waals surface area (Å²) in [5, 5.41) is 22.2. The molecular weight excluding hydrogens is 359 g/mol. The SMILES string of the molecule is O=C(O)C1CCCN(C(=O)NCc2cc([N+](=O)[O-])cc(C(F)(F)F)c2)C1. The van der Waals surface area contributed by atoms with E-state index in [0.29, 0.717) is 25.5 Å². The highest BCUT2D eigenvalue weighted by atomic mass is 19.4. The maximum atomic E-state index is 12.8. The van der Waals surface area contributed by atoms with Crippen LogP contribution in [-0.4, -0.2) is 40.0 Å². The number of hydrogen-bond acceptors (Lipinski definition) is 4. The number of piperidine rings is 1. The third-order valence-electron chi connectivity index (χ3n) is 4.02. The van der Waals surface area contributed by atoms with Gasteiger partial charge in [-0.25, -0.2) is 4.79 Å². The molecule has 1 aromatic carbocycles. The number of non-ortho nitro benzene ring substituents is 1. The number of hydrogen-bond donors (Lipinski definition) is 2. The molecule has 0 radical (unpaired) electrons. The molecule has 1 fully saturated rings. The van der Waals surface area contributed by atoms with Crippen LogP contribution in [0, 0.1) is 16.0 Å². The number of carboxylic acid groups (broad SMARTS) is 1. The minimum Gasteiger partial charge on any atom is -0.481 e. The van der Waals surface area contributed by atoms with Crippen LogP contribution >= 0.6 is 0 Å². The molecule has 0 spiro atoms. The number of urea groups is 1. The predicted molar refractivity (Wildman–Crippen MR) is 82.3 cm³/mol. The molecule has 1 aromatic rings. The Labute approximate surface area is 145 Å². The third kappa shape index (κ3) is 4.83. The van der Waals surface area contributed by atoms with Gasteiger partial charge in [-0.05, 0) is 24.5 Å². The molecule has 0 saturated carbocycles. The monoisotopic (exact) mass is 375 g/mol. The molecule has 1 aliphatic rings. The summed E-state index contributed by atoms with van der Waals surface area (Å²) in [6.45, 7) is -0.0138. The van der Waals surface area contributed by atoms with E-state index >= 15 is 0 Å². The number of nitro groups is 1. The van der Waals surface area contributed by atoms with Crippen LogP contribution in [0.2, 0.25) is 0 Å². The standard InChI is InChI=1S/C15H16F3N3O5/c16-15(17,18)11-4-9(5-12(6-11)21(25)26)7-19-14(24)20-3-1-2-10(8-20)13(22)23/h4-6,10H,1-3,7-8H2,(H,19,24)(H,22,23). The van der Waals surface area contributed by atoms with Crippen molar-refractivity contribution in [2.24, 2.45) is 5.92 Å². The van der Waals surface area contributed by atoms with E-state index in [1.165, 1.54) is 4.90 Å². The van der Waals surface area contributed by atoms with Crippen molar-refractivity contribution in [2.45, 2.75) is 25.6 Å². The van der Waals surface area contributed by atoms with Crippen molar-refractivity contribution in [1.82, 2.24) is 10.2 Å². The highest BCUT2D eigenvalue weighted by Crippen LogP contribution is 2.32. The van der Waals surface area contributed by atoms with Crippen molar-refractivity contribution >= 4 is 17.7 Å². The Morgan fingerprint density at radius 1 is 1.35 bits per heavy atom. The Balaban J connectivity index is 2.08. The number of carbonyl (C=O) groups is 2. The summed E-state index contributed by atoms with van der Waals surface area (Å²) in [5.74, 6) is -1.71. The number of carbonyl (C=O) groups excluding carboxylic acids is 1. The summed E-state index contributed by atoms with van der Waals surface area (Å²) in [5.41, 5.74) is -1.99. The molecule has 2 rings (SSSR count). The molecule has 2 N–H and O–H groups in total. The van der Waals surface area contributed by atoms with Gasteiger partial charge in [-0.2, -0.15) is 13.2 Å². The summed E-state index contributed by atoms with van der Waals surface area (Å²) < 4.78 is 38.5. The summed E-state index contributed by atoms with van der Waals surface area (Å²) >= 11 is 0. The second-order valence-electron chi connectivity index (χ2n) is 5.93. The fraction of sp³-hybridized carbons (Fsp3) is 0.467. The van der Waals surface area contributed by atoms with E-state index in [2.05, 4.69) is 5.32 Å². The third-order valence-corrected chi connectivity index (χ3v) is 4.02. The van der Waals surface area contributed by atoms with Gasteiger partial charge < -0.3 is 15.3 Å². The van der Waals surface area contributed by atoms with Crippen LogP contribution in [0.15, 0.2) is 18.2 Å². The highest BCUT2D eigenvalue weighted by Gasteiger charge is 2.33. The lowest BCUT2D eigenvalue weighted by molar-refractivity contribution is -0.385. The van der Waals surface area contributed by atoms with Crippen molar-refractivity contribution in [3.63, 3.8) is 0 Å². The van der Waals surface area contributed by atoms with Gasteiger partial charge in [0.05, 0.1) is 16.4 Å². The highest BCUT2D eigenvalue weighted by molar-refractivity contribution is 5.76. The molecule has 11 heteroatoms. The molecule has 2 amide bonds. The summed E-state index contributed by atoms with van der Waals surface area (Å²) in [4.78, 5) is 34.2. The number of benzene rings is 1. The number of nitro benzene ring substituents is 1. The fourth-order valence-electron chi connectivity index (χ4n) is 2.70. The van der Waals surface area contributed by atoms with Gasteiger partial charge in [0, 0.05) is 31.8 Å².